The maximum atomic E-state index is 12.2. The van der Waals surface area contributed by atoms with E-state index >= 15 is 0 Å². The van der Waals surface area contributed by atoms with Gasteiger partial charge in [0.25, 0.3) is 5.91 Å². The van der Waals surface area contributed by atoms with E-state index in [4.69, 9.17) is 4.74 Å². The molecule has 0 aliphatic heterocycles. The van der Waals surface area contributed by atoms with E-state index in [-0.39, 0.29) is 30.5 Å². The molecule has 3 N–H and O–H groups in total. The number of hydrogen-bond acceptors (Lipinski definition) is 4. The van der Waals surface area contributed by atoms with Gasteiger partial charge in [-0.15, -0.1) is 0 Å². The molecule has 2 unspecified atom stereocenters. The first kappa shape index (κ1) is 22.3. The quantitative estimate of drug-likeness (QED) is 0.554. The van der Waals surface area contributed by atoms with Crippen LogP contribution in [0.4, 0.5) is 11.4 Å². The summed E-state index contributed by atoms with van der Waals surface area (Å²) in [6, 6.07) is 14.5. The SMILES string of the molecule is CCC(C)NC(=O)c1ccc(NC(=O)CNc2ccc(OC(C)CC)cc2)cc1. The molecule has 2 aromatic carbocycles. The molecule has 6 nitrogen and oxygen atoms in total. The van der Waals surface area contributed by atoms with Gasteiger partial charge in [0.05, 0.1) is 12.6 Å². The van der Waals surface area contributed by atoms with Crippen molar-refractivity contribution in [3.63, 3.8) is 0 Å². The van der Waals surface area contributed by atoms with Crippen molar-refractivity contribution in [2.45, 2.75) is 52.7 Å². The van der Waals surface area contributed by atoms with Crippen LogP contribution in [-0.4, -0.2) is 30.5 Å². The van der Waals surface area contributed by atoms with Gasteiger partial charge in [-0.3, -0.25) is 9.59 Å². The molecular weight excluding hydrogens is 366 g/mol. The van der Waals surface area contributed by atoms with Gasteiger partial charge >= 0.3 is 0 Å². The molecule has 156 valence electrons. The first-order chi connectivity index (χ1) is 13.9. The van der Waals surface area contributed by atoms with Crippen LogP contribution in [0.15, 0.2) is 48.5 Å². The van der Waals surface area contributed by atoms with Crippen LogP contribution in [0.3, 0.4) is 0 Å². The van der Waals surface area contributed by atoms with E-state index in [0.717, 1.165) is 24.3 Å². The highest BCUT2D eigenvalue weighted by atomic mass is 16.5. The molecule has 2 atom stereocenters. The number of carbonyl (C=O) groups excluding carboxylic acids is 2. The maximum absolute atomic E-state index is 12.2. The van der Waals surface area contributed by atoms with Crippen molar-refractivity contribution in [3.05, 3.63) is 54.1 Å². The molecule has 2 aromatic rings. The van der Waals surface area contributed by atoms with E-state index in [9.17, 15) is 9.59 Å². The summed E-state index contributed by atoms with van der Waals surface area (Å²) in [7, 11) is 0. The average Bonchev–Trinajstić information content (AvgIpc) is 2.73. The van der Waals surface area contributed by atoms with E-state index < -0.39 is 0 Å². The fourth-order valence-electron chi connectivity index (χ4n) is 2.47. The molecular formula is C23H31N3O3. The number of rotatable bonds is 10. The molecule has 29 heavy (non-hydrogen) atoms. The molecule has 2 amide bonds. The van der Waals surface area contributed by atoms with Gasteiger partial charge in [-0.25, -0.2) is 0 Å². The molecule has 0 radical (unpaired) electrons. The molecule has 0 aliphatic rings. The Morgan fingerprint density at radius 3 is 2.10 bits per heavy atom. The van der Waals surface area contributed by atoms with Crippen LogP contribution < -0.4 is 20.7 Å². The first-order valence-corrected chi connectivity index (χ1v) is 10.1. The third kappa shape index (κ3) is 7.49. The molecule has 6 heteroatoms. The van der Waals surface area contributed by atoms with E-state index in [2.05, 4.69) is 22.9 Å². The van der Waals surface area contributed by atoms with Crippen LogP contribution in [0, 0.1) is 0 Å². The minimum Gasteiger partial charge on any atom is -0.491 e. The molecule has 0 aliphatic carbocycles. The summed E-state index contributed by atoms with van der Waals surface area (Å²) < 4.78 is 5.74. The zero-order valence-corrected chi connectivity index (χ0v) is 17.6. The molecule has 2 rings (SSSR count). The van der Waals surface area contributed by atoms with Crippen LogP contribution in [-0.2, 0) is 4.79 Å². The van der Waals surface area contributed by atoms with Crippen molar-refractivity contribution >= 4 is 23.2 Å². The summed E-state index contributed by atoms with van der Waals surface area (Å²) >= 11 is 0. The van der Waals surface area contributed by atoms with Crippen molar-refractivity contribution in [2.24, 2.45) is 0 Å². The van der Waals surface area contributed by atoms with Crippen molar-refractivity contribution in [3.8, 4) is 5.75 Å². The van der Waals surface area contributed by atoms with Crippen LogP contribution in [0.2, 0.25) is 0 Å². The van der Waals surface area contributed by atoms with Crippen molar-refractivity contribution in [2.75, 3.05) is 17.2 Å². The lowest BCUT2D eigenvalue weighted by atomic mass is 10.1. The van der Waals surface area contributed by atoms with Gasteiger partial charge in [-0.1, -0.05) is 13.8 Å². The van der Waals surface area contributed by atoms with E-state index in [1.807, 2.05) is 45.0 Å². The van der Waals surface area contributed by atoms with Gasteiger partial charge < -0.3 is 20.7 Å². The van der Waals surface area contributed by atoms with Crippen molar-refractivity contribution < 1.29 is 14.3 Å². The van der Waals surface area contributed by atoms with E-state index in [1.165, 1.54) is 0 Å². The molecule has 0 saturated carbocycles. The largest absolute Gasteiger partial charge is 0.491 e. The van der Waals surface area contributed by atoms with Crippen molar-refractivity contribution in [1.29, 1.82) is 0 Å². The first-order valence-electron chi connectivity index (χ1n) is 10.1. The van der Waals surface area contributed by atoms with Crippen LogP contribution >= 0.6 is 0 Å². The second-order valence-electron chi connectivity index (χ2n) is 7.12. The Morgan fingerprint density at radius 2 is 1.52 bits per heavy atom. The number of nitrogens with one attached hydrogen (secondary N) is 3. The lowest BCUT2D eigenvalue weighted by Gasteiger charge is -2.13. The second-order valence-corrected chi connectivity index (χ2v) is 7.12. The minimum atomic E-state index is -0.165. The van der Waals surface area contributed by atoms with Crippen molar-refractivity contribution in [1.82, 2.24) is 5.32 Å². The molecule has 0 spiro atoms. The summed E-state index contributed by atoms with van der Waals surface area (Å²) in [5.74, 6) is 0.535. The molecule has 0 fully saturated rings. The van der Waals surface area contributed by atoms with Gasteiger partial charge in [-0.2, -0.15) is 0 Å². The van der Waals surface area contributed by atoms with Gasteiger partial charge in [0.1, 0.15) is 5.75 Å². The fraction of sp³-hybridized carbons (Fsp3) is 0.391. The molecule has 0 bridgehead atoms. The third-order valence-corrected chi connectivity index (χ3v) is 4.64. The number of ether oxygens (including phenoxy) is 1. The zero-order valence-electron chi connectivity index (χ0n) is 17.6. The van der Waals surface area contributed by atoms with E-state index in [1.54, 1.807) is 24.3 Å². The predicted molar refractivity (Wildman–Crippen MR) is 118 cm³/mol. The standard InChI is InChI=1S/C23H31N3O3/c1-5-16(3)25-23(28)18-7-9-20(10-8-18)26-22(27)15-24-19-11-13-21(14-12-19)29-17(4)6-2/h7-14,16-17,24H,5-6,15H2,1-4H3,(H,25,28)(H,26,27). The number of benzene rings is 2. The summed E-state index contributed by atoms with van der Waals surface area (Å²) in [4.78, 5) is 24.3. The smallest absolute Gasteiger partial charge is 0.251 e. The maximum Gasteiger partial charge on any atom is 0.251 e. The molecule has 0 heterocycles. The van der Waals surface area contributed by atoms with Gasteiger partial charge in [0.2, 0.25) is 5.91 Å². The summed E-state index contributed by atoms with van der Waals surface area (Å²) in [5, 5.41) is 8.82. The van der Waals surface area contributed by atoms with Gasteiger partial charge in [0, 0.05) is 23.0 Å². The molecule has 0 aromatic heterocycles. The molecule has 0 saturated heterocycles. The monoisotopic (exact) mass is 397 g/mol. The van der Waals surface area contributed by atoms with Crippen LogP contribution in [0.5, 0.6) is 5.75 Å². The predicted octanol–water partition coefficient (Wildman–Crippen LogP) is 4.44. The van der Waals surface area contributed by atoms with Crippen LogP contribution in [0.25, 0.3) is 0 Å². The Balaban J connectivity index is 1.81. The number of amides is 2. The summed E-state index contributed by atoms with van der Waals surface area (Å²) in [5.41, 5.74) is 2.06. The highest BCUT2D eigenvalue weighted by Crippen LogP contribution is 2.17. The normalized spacial score (nSPS) is 12.6. The summed E-state index contributed by atoms with van der Waals surface area (Å²) in [6.07, 6.45) is 2.00. The summed E-state index contributed by atoms with van der Waals surface area (Å²) in [6.45, 7) is 8.23. The lowest BCUT2D eigenvalue weighted by Crippen LogP contribution is -2.31. The Hall–Kier alpha value is -3.02. The third-order valence-electron chi connectivity index (χ3n) is 4.64. The van der Waals surface area contributed by atoms with Crippen LogP contribution in [0.1, 0.15) is 50.9 Å². The van der Waals surface area contributed by atoms with Gasteiger partial charge in [-0.05, 0) is 75.2 Å². The topological polar surface area (TPSA) is 79.5 Å². The highest BCUT2D eigenvalue weighted by molar-refractivity contribution is 5.96. The zero-order chi connectivity index (χ0) is 21.2. The minimum absolute atomic E-state index is 0.111. The Kier molecular flexibility index (Phi) is 8.52. The van der Waals surface area contributed by atoms with E-state index in [0.29, 0.717) is 11.3 Å². The average molecular weight is 398 g/mol. The lowest BCUT2D eigenvalue weighted by molar-refractivity contribution is -0.114. The highest BCUT2D eigenvalue weighted by Gasteiger charge is 2.09. The second kappa shape index (κ2) is 11.1. The number of anilines is 2. The number of carbonyl (C=O) groups is 2. The Labute approximate surface area is 173 Å². The fourth-order valence-corrected chi connectivity index (χ4v) is 2.47. The van der Waals surface area contributed by atoms with Gasteiger partial charge in [0.15, 0.2) is 0 Å². The number of hydrogen-bond donors (Lipinski definition) is 3. The Morgan fingerprint density at radius 1 is 0.897 bits per heavy atom. The Bertz CT molecular complexity index is 788.